The Morgan fingerprint density at radius 3 is 2.17 bits per heavy atom. The van der Waals surface area contributed by atoms with Gasteiger partial charge in [0.15, 0.2) is 0 Å². The van der Waals surface area contributed by atoms with Crippen LogP contribution < -0.4 is 0 Å². The average molecular weight is 200 g/mol. The third-order valence-corrected chi connectivity index (χ3v) is 2.35. The van der Waals surface area contributed by atoms with Gasteiger partial charge in [0.2, 0.25) is 0 Å². The first-order valence-electron chi connectivity index (χ1n) is 3.49. The molecule has 0 spiro atoms. The normalized spacial score (nSPS) is 9.75. The van der Waals surface area contributed by atoms with Crippen molar-refractivity contribution in [1.29, 1.82) is 0 Å². The summed E-state index contributed by atoms with van der Waals surface area (Å²) in [5, 5.41) is 0. The lowest BCUT2D eigenvalue weighted by molar-refractivity contribution is 0.313. The predicted molar refractivity (Wildman–Crippen MR) is 50.4 cm³/mol. The lowest BCUT2D eigenvalue weighted by Crippen LogP contribution is -2.10. The van der Waals surface area contributed by atoms with Crippen molar-refractivity contribution < 1.29 is 23.6 Å². The van der Waals surface area contributed by atoms with E-state index in [0.717, 1.165) is 12.8 Å². The van der Waals surface area contributed by atoms with E-state index in [4.69, 9.17) is 0 Å². The highest BCUT2D eigenvalue weighted by molar-refractivity contribution is 7.87. The minimum atomic E-state index is -3.19. The molecule has 0 heterocycles. The highest BCUT2D eigenvalue weighted by Gasteiger charge is 2.04. The molecule has 0 bridgehead atoms. The van der Waals surface area contributed by atoms with Gasteiger partial charge in [0.25, 0.3) is 10.1 Å². The average Bonchev–Trinajstić information content (AvgIpc) is 1.89. The number of hydrogen-bond donors (Lipinski definition) is 0. The Bertz CT molecular complexity index is 167. The van der Waals surface area contributed by atoms with Crippen LogP contribution in [-0.4, -0.2) is 39.5 Å². The Balaban J connectivity index is -0.000000405. The molecule has 0 aromatic carbocycles. The second-order valence-corrected chi connectivity index (χ2v) is 3.95. The van der Waals surface area contributed by atoms with E-state index in [9.17, 15) is 8.42 Å². The molecule has 0 unspecified atom stereocenters. The number of unbranched alkanes of at least 4 members (excludes halogenated alkanes) is 1. The molecular weight excluding hydrogens is 183 g/mol. The summed E-state index contributed by atoms with van der Waals surface area (Å²) >= 11 is 0. The van der Waals surface area contributed by atoms with E-state index >= 15 is 0 Å². The standard InChI is InChI=1S/C5H13BO3S.2H2O/c1-2-3-4-9-10(7,8)5-6;;/h2-6H2,1H3;2*1H2. The summed E-state index contributed by atoms with van der Waals surface area (Å²) < 4.78 is 25.9. The SMILES string of the molecule is BCS(=O)(=O)OCCCC.O.O. The molecule has 12 heavy (non-hydrogen) atoms. The third-order valence-electron chi connectivity index (χ3n) is 1.11. The Morgan fingerprint density at radius 1 is 1.33 bits per heavy atom. The molecule has 7 heteroatoms. The summed E-state index contributed by atoms with van der Waals surface area (Å²) in [6, 6.07) is 0. The molecule has 0 saturated heterocycles. The van der Waals surface area contributed by atoms with Gasteiger partial charge in [-0.3, -0.25) is 4.18 Å². The van der Waals surface area contributed by atoms with Crippen LogP contribution in [0.15, 0.2) is 0 Å². The lowest BCUT2D eigenvalue weighted by Gasteiger charge is -2.00. The van der Waals surface area contributed by atoms with Crippen LogP contribution >= 0.6 is 0 Å². The molecule has 0 aliphatic rings. The second kappa shape index (κ2) is 8.99. The van der Waals surface area contributed by atoms with Gasteiger partial charge in [-0.05, 0) is 6.42 Å². The van der Waals surface area contributed by atoms with E-state index < -0.39 is 10.1 Å². The molecule has 0 aromatic heterocycles. The quantitative estimate of drug-likeness (QED) is 0.293. The zero-order chi connectivity index (χ0) is 8.04. The minimum Gasteiger partial charge on any atom is -0.412 e. The van der Waals surface area contributed by atoms with Crippen molar-refractivity contribution in [2.45, 2.75) is 19.8 Å². The first kappa shape index (κ1) is 17.8. The molecule has 0 saturated carbocycles. The number of hydrogen-bond acceptors (Lipinski definition) is 3. The van der Waals surface area contributed by atoms with Crippen molar-refractivity contribution in [1.82, 2.24) is 0 Å². The molecule has 5 nitrogen and oxygen atoms in total. The van der Waals surface area contributed by atoms with Crippen LogP contribution in [-0.2, 0) is 14.3 Å². The largest absolute Gasteiger partial charge is 0.412 e. The fourth-order valence-corrected chi connectivity index (χ4v) is 0.952. The maximum atomic E-state index is 10.7. The highest BCUT2D eigenvalue weighted by Crippen LogP contribution is 1.94. The predicted octanol–water partition coefficient (Wildman–Crippen LogP) is -1.93. The van der Waals surface area contributed by atoms with Crippen molar-refractivity contribution in [2.24, 2.45) is 0 Å². The first-order chi connectivity index (χ1) is 4.62. The maximum absolute atomic E-state index is 10.7. The highest BCUT2D eigenvalue weighted by atomic mass is 32.2. The smallest absolute Gasteiger partial charge is 0.259 e. The molecule has 0 amide bonds. The van der Waals surface area contributed by atoms with E-state index in [2.05, 4.69) is 4.18 Å². The van der Waals surface area contributed by atoms with Gasteiger partial charge in [0.05, 0.1) is 6.61 Å². The molecule has 0 radical (unpaired) electrons. The topological polar surface area (TPSA) is 106 Å². The summed E-state index contributed by atoms with van der Waals surface area (Å²) in [5.74, 6) is 0. The van der Waals surface area contributed by atoms with E-state index in [1.54, 1.807) is 7.85 Å². The maximum Gasteiger partial charge on any atom is 0.259 e. The van der Waals surface area contributed by atoms with Crippen molar-refractivity contribution in [3.05, 3.63) is 0 Å². The van der Waals surface area contributed by atoms with Crippen LogP contribution in [0.2, 0.25) is 0 Å². The molecule has 0 atom stereocenters. The van der Waals surface area contributed by atoms with Crippen molar-refractivity contribution in [3.8, 4) is 0 Å². The summed E-state index contributed by atoms with van der Waals surface area (Å²) in [6.45, 7) is 2.31. The van der Waals surface area contributed by atoms with Gasteiger partial charge in [-0.2, -0.15) is 0 Å². The van der Waals surface area contributed by atoms with E-state index in [-0.39, 0.29) is 16.6 Å². The van der Waals surface area contributed by atoms with Crippen molar-refractivity contribution in [2.75, 3.05) is 12.3 Å². The zero-order valence-electron chi connectivity index (χ0n) is 7.46. The summed E-state index contributed by atoms with van der Waals surface area (Å²) in [6.07, 6.45) is 1.76. The Labute approximate surface area is 74.3 Å². The van der Waals surface area contributed by atoms with Crippen molar-refractivity contribution in [3.63, 3.8) is 0 Å². The van der Waals surface area contributed by atoms with Crippen LogP contribution in [0.3, 0.4) is 0 Å². The monoisotopic (exact) mass is 200 g/mol. The molecule has 0 fully saturated rings. The van der Waals surface area contributed by atoms with Gasteiger partial charge in [0, 0.05) is 5.65 Å². The zero-order valence-corrected chi connectivity index (χ0v) is 8.28. The fraction of sp³-hybridized carbons (Fsp3) is 1.00. The first-order valence-corrected chi connectivity index (χ1v) is 5.07. The second-order valence-electron chi connectivity index (χ2n) is 2.02. The number of rotatable bonds is 5. The third kappa shape index (κ3) is 9.89. The van der Waals surface area contributed by atoms with Gasteiger partial charge in [0.1, 0.15) is 7.85 Å². The minimum absolute atomic E-state index is 0. The summed E-state index contributed by atoms with van der Waals surface area (Å²) in [5.41, 5.74) is 0.0662. The molecular formula is C5H17BO5S. The van der Waals surface area contributed by atoms with Gasteiger partial charge < -0.3 is 11.0 Å². The molecule has 0 aliphatic heterocycles. The molecule has 0 rings (SSSR count). The Hall–Kier alpha value is -0.105. The van der Waals surface area contributed by atoms with Gasteiger partial charge in [-0.15, -0.1) is 0 Å². The van der Waals surface area contributed by atoms with Gasteiger partial charge in [-0.25, -0.2) is 8.42 Å². The van der Waals surface area contributed by atoms with Crippen molar-refractivity contribution >= 4 is 18.0 Å². The van der Waals surface area contributed by atoms with Crippen LogP contribution in [0.4, 0.5) is 0 Å². The van der Waals surface area contributed by atoms with Crippen LogP contribution in [0.25, 0.3) is 0 Å². The van der Waals surface area contributed by atoms with E-state index in [1.807, 2.05) is 6.92 Å². The van der Waals surface area contributed by atoms with Crippen LogP contribution in [0.1, 0.15) is 19.8 Å². The van der Waals surface area contributed by atoms with Gasteiger partial charge in [-0.1, -0.05) is 13.3 Å². The summed E-state index contributed by atoms with van der Waals surface area (Å²) in [7, 11) is -1.62. The van der Waals surface area contributed by atoms with E-state index in [0.29, 0.717) is 6.61 Å². The molecule has 4 N–H and O–H groups in total. The van der Waals surface area contributed by atoms with Gasteiger partial charge >= 0.3 is 0 Å². The van der Waals surface area contributed by atoms with Crippen LogP contribution in [0, 0.1) is 0 Å². The molecule has 76 valence electrons. The fourth-order valence-electron chi connectivity index (χ4n) is 0.414. The lowest BCUT2D eigenvalue weighted by atomic mass is 10.2. The van der Waals surface area contributed by atoms with E-state index in [1.165, 1.54) is 0 Å². The summed E-state index contributed by atoms with van der Waals surface area (Å²) in [4.78, 5) is 0. The molecule has 0 aromatic rings. The van der Waals surface area contributed by atoms with Crippen LogP contribution in [0.5, 0.6) is 0 Å². The Kier molecular flexibility index (Phi) is 13.4. The Morgan fingerprint density at radius 2 is 1.83 bits per heavy atom. The molecule has 0 aliphatic carbocycles.